The second kappa shape index (κ2) is 9.82. The zero-order valence-electron chi connectivity index (χ0n) is 18.8. The number of benzene rings is 2. The van der Waals surface area contributed by atoms with Crippen LogP contribution in [-0.2, 0) is 19.2 Å². The molecule has 3 heterocycles. The number of anilines is 1. The van der Waals surface area contributed by atoms with Gasteiger partial charge in [0.25, 0.3) is 5.91 Å². The van der Waals surface area contributed by atoms with Gasteiger partial charge < -0.3 is 20.1 Å². The number of thioether (sulfide) groups is 1. The van der Waals surface area contributed by atoms with E-state index in [1.165, 1.54) is 24.3 Å². The molecule has 2 aliphatic heterocycles. The summed E-state index contributed by atoms with van der Waals surface area (Å²) < 4.78 is 18.5. The highest BCUT2D eigenvalue weighted by atomic mass is 32.2. The predicted molar refractivity (Wildman–Crippen MR) is 131 cm³/mol. The first-order valence-corrected chi connectivity index (χ1v) is 12.7. The van der Waals surface area contributed by atoms with Crippen LogP contribution < -0.4 is 14.9 Å². The second-order valence-corrected chi connectivity index (χ2v) is 10.5. The number of amides is 3. The molecule has 0 spiro atoms. The van der Waals surface area contributed by atoms with Crippen molar-refractivity contribution < 1.29 is 33.4 Å². The van der Waals surface area contributed by atoms with Crippen LogP contribution in [0.1, 0.15) is 16.4 Å². The van der Waals surface area contributed by atoms with Crippen molar-refractivity contribution in [3.05, 3.63) is 74.5 Å². The molecular formula is C24H18FN3O7S2. The Bertz CT molecular complexity index is 1450. The molecule has 37 heavy (non-hydrogen) atoms. The Hall–Kier alpha value is -3.97. The number of carboxylic acid groups (broad SMARTS) is 1. The lowest BCUT2D eigenvalue weighted by Crippen LogP contribution is -2.36. The Balaban J connectivity index is 1.35. The van der Waals surface area contributed by atoms with Gasteiger partial charge in [0, 0.05) is 16.5 Å². The maximum atomic E-state index is 13.2. The molecule has 190 valence electrons. The maximum absolute atomic E-state index is 13.2. The van der Waals surface area contributed by atoms with Crippen molar-refractivity contribution in [2.75, 3.05) is 18.5 Å². The van der Waals surface area contributed by atoms with E-state index in [0.29, 0.717) is 26.9 Å². The molecule has 0 unspecified atom stereocenters. The summed E-state index contributed by atoms with van der Waals surface area (Å²) >= 11 is 2.01. The van der Waals surface area contributed by atoms with Gasteiger partial charge >= 0.3 is 10.8 Å². The van der Waals surface area contributed by atoms with Crippen LogP contribution in [0.5, 0.6) is 5.75 Å². The number of aromatic nitrogens is 1. The Labute approximate surface area is 216 Å². The number of carboxylic acids is 1. The monoisotopic (exact) mass is 543 g/mol. The minimum atomic E-state index is -1.30. The third-order valence-electron chi connectivity index (χ3n) is 5.95. The van der Waals surface area contributed by atoms with Gasteiger partial charge in [-0.2, -0.15) is 0 Å². The van der Waals surface area contributed by atoms with Crippen molar-refractivity contribution in [3.8, 4) is 5.75 Å². The molecule has 2 aromatic carbocycles. The number of nitrogens with zero attached hydrogens (tertiary/aromatic N) is 1. The number of hydrogen-bond donors (Lipinski definition) is 3. The number of likely N-dealkylation sites (tertiary alicyclic amines) is 1. The van der Waals surface area contributed by atoms with E-state index in [-0.39, 0.29) is 11.5 Å². The minimum Gasteiger partial charge on any atom is -0.484 e. The molecule has 0 radical (unpaired) electrons. The number of aromatic amines is 1. The summed E-state index contributed by atoms with van der Waals surface area (Å²) in [6.45, 7) is -1.03. The van der Waals surface area contributed by atoms with Crippen molar-refractivity contribution in [1.29, 1.82) is 0 Å². The van der Waals surface area contributed by atoms with E-state index in [1.807, 2.05) is 0 Å². The number of hydrogen-bond acceptors (Lipinski definition) is 8. The van der Waals surface area contributed by atoms with Gasteiger partial charge in [-0.05, 0) is 42.0 Å². The highest BCUT2D eigenvalue weighted by Gasteiger charge is 2.56. The van der Waals surface area contributed by atoms with Crippen molar-refractivity contribution in [2.24, 2.45) is 5.92 Å². The van der Waals surface area contributed by atoms with Crippen molar-refractivity contribution in [3.63, 3.8) is 0 Å². The van der Waals surface area contributed by atoms with Crippen LogP contribution in [0.4, 0.5) is 10.1 Å². The van der Waals surface area contributed by atoms with E-state index in [2.05, 4.69) is 10.3 Å². The van der Waals surface area contributed by atoms with Gasteiger partial charge in [0.1, 0.15) is 23.4 Å². The summed E-state index contributed by atoms with van der Waals surface area (Å²) in [5.74, 6) is -4.51. The highest BCUT2D eigenvalue weighted by molar-refractivity contribution is 8.00. The van der Waals surface area contributed by atoms with Gasteiger partial charge in [-0.3, -0.25) is 28.9 Å². The molecular weight excluding hydrogens is 525 g/mol. The lowest BCUT2D eigenvalue weighted by Gasteiger charge is -2.29. The first-order valence-electron chi connectivity index (χ1n) is 11.0. The van der Waals surface area contributed by atoms with Gasteiger partial charge in [0.2, 0.25) is 11.8 Å². The number of rotatable bonds is 7. The first-order chi connectivity index (χ1) is 17.7. The van der Waals surface area contributed by atoms with E-state index >= 15 is 0 Å². The summed E-state index contributed by atoms with van der Waals surface area (Å²) in [7, 11) is 0. The number of thiazole rings is 1. The number of fused-ring (bicyclic) bond motifs is 2. The van der Waals surface area contributed by atoms with Gasteiger partial charge in [-0.1, -0.05) is 35.2 Å². The number of nitrogens with one attached hydrogen (secondary N) is 2. The summed E-state index contributed by atoms with van der Waals surface area (Å²) in [4.78, 5) is 65.2. The molecule has 2 aliphatic rings. The zero-order valence-corrected chi connectivity index (χ0v) is 20.4. The van der Waals surface area contributed by atoms with Crippen molar-refractivity contribution in [1.82, 2.24) is 9.88 Å². The molecule has 3 N–H and O–H groups in total. The fourth-order valence-corrected chi connectivity index (χ4v) is 6.91. The number of ether oxygens (including phenoxy) is 1. The molecule has 1 fully saturated rings. The summed E-state index contributed by atoms with van der Waals surface area (Å²) in [5.41, 5.74) is 1.05. The standard InChI is InChI=1S/C24H18FN3O7S2/c25-12-3-5-13(6-4-12)26-15(29)10-35-14-7-1-11(2-8-14)17-18-20(36-21-19(17)37-24(34)27-21)23(33)28(22(18)32)9-16(30)31/h1-8,17-18,20H,9-10H2,(H,26,29)(H,27,34)(H,30,31)/t17-,18+,20-/m0/s1. The molecule has 0 aliphatic carbocycles. The molecule has 10 nitrogen and oxygen atoms in total. The lowest BCUT2D eigenvalue weighted by molar-refractivity contribution is -0.149. The Morgan fingerprint density at radius 2 is 1.76 bits per heavy atom. The maximum Gasteiger partial charge on any atom is 0.323 e. The average Bonchev–Trinajstić information content (AvgIpc) is 3.35. The number of halogens is 1. The number of imide groups is 1. The fraction of sp³-hybridized carbons (Fsp3) is 0.208. The molecule has 13 heteroatoms. The molecule has 3 atom stereocenters. The van der Waals surface area contributed by atoms with E-state index in [1.54, 1.807) is 24.3 Å². The van der Waals surface area contributed by atoms with Crippen LogP contribution >= 0.6 is 23.1 Å². The average molecular weight is 544 g/mol. The topological polar surface area (TPSA) is 146 Å². The number of carbonyl (C=O) groups is 4. The summed E-state index contributed by atoms with van der Waals surface area (Å²) in [6.07, 6.45) is 0. The highest BCUT2D eigenvalue weighted by Crippen LogP contribution is 2.52. The Morgan fingerprint density at radius 3 is 2.43 bits per heavy atom. The first kappa shape index (κ1) is 24.7. The molecule has 5 rings (SSSR count). The number of carbonyl (C=O) groups excluding carboxylic acids is 3. The predicted octanol–water partition coefficient (Wildman–Crippen LogP) is 2.27. The minimum absolute atomic E-state index is 0.303. The number of aliphatic carboxylic acids is 1. The quantitative estimate of drug-likeness (QED) is 0.385. The van der Waals surface area contributed by atoms with Crippen LogP contribution in [0.2, 0.25) is 0 Å². The lowest BCUT2D eigenvalue weighted by atomic mass is 9.83. The van der Waals surface area contributed by atoms with E-state index in [9.17, 15) is 28.4 Å². The normalized spacial score (nSPS) is 20.4. The van der Waals surface area contributed by atoms with Crippen LogP contribution in [0.3, 0.4) is 0 Å². The molecule has 3 amide bonds. The third-order valence-corrected chi connectivity index (χ3v) is 8.35. The van der Waals surface area contributed by atoms with Crippen molar-refractivity contribution >= 4 is 52.5 Å². The van der Waals surface area contributed by atoms with Gasteiger partial charge in [0.15, 0.2) is 6.61 Å². The fourth-order valence-electron chi connectivity index (χ4n) is 4.38. The Morgan fingerprint density at radius 1 is 1.05 bits per heavy atom. The van der Waals surface area contributed by atoms with Gasteiger partial charge in [0.05, 0.1) is 10.9 Å². The molecule has 0 bridgehead atoms. The third kappa shape index (κ3) is 4.87. The number of H-pyrrole nitrogens is 1. The smallest absolute Gasteiger partial charge is 0.323 e. The van der Waals surface area contributed by atoms with Crippen LogP contribution in [0.15, 0.2) is 58.4 Å². The van der Waals surface area contributed by atoms with Crippen LogP contribution in [0, 0.1) is 11.7 Å². The molecule has 1 saturated heterocycles. The molecule has 3 aromatic rings. The molecule has 1 aromatic heterocycles. The van der Waals surface area contributed by atoms with Gasteiger partial charge in [-0.15, -0.1) is 0 Å². The van der Waals surface area contributed by atoms with E-state index < -0.39 is 53.1 Å². The van der Waals surface area contributed by atoms with E-state index in [0.717, 1.165) is 28.0 Å². The van der Waals surface area contributed by atoms with E-state index in [4.69, 9.17) is 9.84 Å². The van der Waals surface area contributed by atoms with Gasteiger partial charge in [-0.25, -0.2) is 4.39 Å². The second-order valence-electron chi connectivity index (χ2n) is 8.32. The summed E-state index contributed by atoms with van der Waals surface area (Å²) in [5, 5.41) is 11.4. The van der Waals surface area contributed by atoms with Crippen molar-refractivity contribution in [2.45, 2.75) is 16.2 Å². The van der Waals surface area contributed by atoms with Crippen LogP contribution in [-0.4, -0.2) is 57.1 Å². The largest absolute Gasteiger partial charge is 0.484 e. The SMILES string of the molecule is O=C(O)CN1C(=O)[C@@H]2[C@H](c3ccc(OCC(=O)Nc4ccc(F)cc4)cc3)c3sc(=O)[nH]c3S[C@@H]2C1=O. The molecule has 0 saturated carbocycles. The summed E-state index contributed by atoms with van der Waals surface area (Å²) in [6, 6.07) is 11.8. The zero-order chi connectivity index (χ0) is 26.3. The Kier molecular flexibility index (Phi) is 6.56. The van der Waals surface area contributed by atoms with Crippen LogP contribution in [0.25, 0.3) is 0 Å².